The summed E-state index contributed by atoms with van der Waals surface area (Å²) in [6.07, 6.45) is 4.44. The van der Waals surface area contributed by atoms with Crippen LogP contribution in [-0.4, -0.2) is 24.9 Å². The van der Waals surface area contributed by atoms with Crippen LogP contribution in [0.3, 0.4) is 0 Å². The molecule has 2 rings (SSSR count). The monoisotopic (exact) mass is 292 g/mol. The van der Waals surface area contributed by atoms with Gasteiger partial charge in [-0.15, -0.1) is 0 Å². The zero-order valence-electron chi connectivity index (χ0n) is 11.3. The van der Waals surface area contributed by atoms with E-state index in [0.717, 1.165) is 12.1 Å². The van der Waals surface area contributed by atoms with Crippen LogP contribution in [0.15, 0.2) is 41.7 Å². The highest BCUT2D eigenvalue weighted by molar-refractivity contribution is 7.92. The van der Waals surface area contributed by atoms with Gasteiger partial charge in [0.2, 0.25) is 0 Å². The number of aromatic nitrogens is 2. The van der Waals surface area contributed by atoms with Gasteiger partial charge in [-0.25, -0.2) is 13.4 Å². The van der Waals surface area contributed by atoms with Gasteiger partial charge in [-0.1, -0.05) is 0 Å². The van der Waals surface area contributed by atoms with Crippen LogP contribution in [0.25, 0.3) is 0 Å². The molecule has 0 atom stereocenters. The first-order valence-corrected chi connectivity index (χ1v) is 7.64. The second-order valence-corrected chi connectivity index (χ2v) is 5.95. The maximum Gasteiger partial charge on any atom is 0.263 e. The zero-order chi connectivity index (χ0) is 14.6. The first-order valence-electron chi connectivity index (χ1n) is 6.15. The smallest absolute Gasteiger partial charge is 0.263 e. The number of anilines is 2. The summed E-state index contributed by atoms with van der Waals surface area (Å²) in [6, 6.07) is 4.86. The standard InChI is InChI=1S/C13H16N4O2S/c1-3-15-13-5-4-12(9-16-13)20(18,19)17-11-6-10(2)7-14-8-11/h4-9,17H,3H2,1-2H3,(H,15,16). The van der Waals surface area contributed by atoms with Gasteiger partial charge in [-0.3, -0.25) is 9.71 Å². The molecule has 0 aliphatic rings. The Morgan fingerprint density at radius 1 is 1.20 bits per heavy atom. The highest BCUT2D eigenvalue weighted by Crippen LogP contribution is 2.16. The molecule has 0 amide bonds. The molecular weight excluding hydrogens is 276 g/mol. The van der Waals surface area contributed by atoms with Gasteiger partial charge in [0.05, 0.1) is 11.9 Å². The number of hydrogen-bond acceptors (Lipinski definition) is 5. The molecule has 2 N–H and O–H groups in total. The third kappa shape index (κ3) is 3.45. The molecule has 0 saturated heterocycles. The number of hydrogen-bond donors (Lipinski definition) is 2. The number of sulfonamides is 1. The van der Waals surface area contributed by atoms with Gasteiger partial charge in [0, 0.05) is 18.9 Å². The van der Waals surface area contributed by atoms with E-state index >= 15 is 0 Å². The first-order chi connectivity index (χ1) is 9.51. The van der Waals surface area contributed by atoms with E-state index < -0.39 is 10.0 Å². The minimum atomic E-state index is -3.64. The SMILES string of the molecule is CCNc1ccc(S(=O)(=O)Nc2cncc(C)c2)cn1. The lowest BCUT2D eigenvalue weighted by Gasteiger charge is -2.08. The maximum absolute atomic E-state index is 12.2. The molecule has 0 radical (unpaired) electrons. The number of rotatable bonds is 5. The predicted octanol–water partition coefficient (Wildman–Crippen LogP) is 2.02. The summed E-state index contributed by atoms with van der Waals surface area (Å²) in [6.45, 7) is 4.52. The molecule has 0 aliphatic carbocycles. The van der Waals surface area contributed by atoms with Gasteiger partial charge in [0.15, 0.2) is 0 Å². The van der Waals surface area contributed by atoms with Crippen molar-refractivity contribution in [3.05, 3.63) is 42.4 Å². The Morgan fingerprint density at radius 3 is 2.60 bits per heavy atom. The normalized spacial score (nSPS) is 11.1. The average molecular weight is 292 g/mol. The third-order valence-electron chi connectivity index (χ3n) is 2.53. The second kappa shape index (κ2) is 5.87. The molecule has 0 aliphatic heterocycles. The lowest BCUT2D eigenvalue weighted by molar-refractivity contribution is 0.601. The summed E-state index contributed by atoms with van der Waals surface area (Å²) < 4.78 is 26.8. The van der Waals surface area contributed by atoms with E-state index in [1.54, 1.807) is 18.3 Å². The van der Waals surface area contributed by atoms with Crippen LogP contribution in [0, 0.1) is 6.92 Å². The Kier molecular flexibility index (Phi) is 4.19. The summed E-state index contributed by atoms with van der Waals surface area (Å²) in [7, 11) is -3.64. The number of nitrogens with one attached hydrogen (secondary N) is 2. The van der Waals surface area contributed by atoms with Crippen LogP contribution >= 0.6 is 0 Å². The van der Waals surface area contributed by atoms with E-state index in [-0.39, 0.29) is 4.90 Å². The van der Waals surface area contributed by atoms with Crippen molar-refractivity contribution in [1.29, 1.82) is 0 Å². The van der Waals surface area contributed by atoms with E-state index in [2.05, 4.69) is 20.0 Å². The molecule has 0 fully saturated rings. The van der Waals surface area contributed by atoms with Gasteiger partial charge in [0.1, 0.15) is 10.7 Å². The molecular formula is C13H16N4O2S. The minimum Gasteiger partial charge on any atom is -0.370 e. The summed E-state index contributed by atoms with van der Waals surface area (Å²) >= 11 is 0. The summed E-state index contributed by atoms with van der Waals surface area (Å²) in [4.78, 5) is 8.11. The fraction of sp³-hybridized carbons (Fsp3) is 0.231. The van der Waals surface area contributed by atoms with Crippen molar-refractivity contribution >= 4 is 21.5 Å². The largest absolute Gasteiger partial charge is 0.370 e. The fourth-order valence-electron chi connectivity index (χ4n) is 1.65. The molecule has 20 heavy (non-hydrogen) atoms. The first kappa shape index (κ1) is 14.3. The van der Waals surface area contributed by atoms with Gasteiger partial charge in [-0.05, 0) is 37.6 Å². The van der Waals surface area contributed by atoms with Crippen molar-refractivity contribution in [3.63, 3.8) is 0 Å². The summed E-state index contributed by atoms with van der Waals surface area (Å²) in [5.74, 6) is 0.642. The van der Waals surface area contributed by atoms with Crippen LogP contribution in [0.1, 0.15) is 12.5 Å². The van der Waals surface area contributed by atoms with E-state index in [1.165, 1.54) is 18.5 Å². The van der Waals surface area contributed by atoms with Crippen molar-refractivity contribution in [2.75, 3.05) is 16.6 Å². The summed E-state index contributed by atoms with van der Waals surface area (Å²) in [5.41, 5.74) is 1.31. The van der Waals surface area contributed by atoms with Crippen LogP contribution in [0.5, 0.6) is 0 Å². The molecule has 0 spiro atoms. The lowest BCUT2D eigenvalue weighted by atomic mass is 10.3. The molecule has 0 unspecified atom stereocenters. The van der Waals surface area contributed by atoms with E-state index in [9.17, 15) is 8.42 Å². The molecule has 2 heterocycles. The van der Waals surface area contributed by atoms with Crippen LogP contribution < -0.4 is 10.0 Å². The Hall–Kier alpha value is -2.15. The van der Waals surface area contributed by atoms with Crippen molar-refractivity contribution in [2.45, 2.75) is 18.7 Å². The maximum atomic E-state index is 12.2. The Morgan fingerprint density at radius 2 is 2.00 bits per heavy atom. The average Bonchev–Trinajstić information content (AvgIpc) is 2.39. The highest BCUT2D eigenvalue weighted by atomic mass is 32.2. The van der Waals surface area contributed by atoms with Gasteiger partial charge in [0.25, 0.3) is 10.0 Å². The van der Waals surface area contributed by atoms with Crippen LogP contribution in [0.4, 0.5) is 11.5 Å². The van der Waals surface area contributed by atoms with Crippen LogP contribution in [0.2, 0.25) is 0 Å². The fourth-order valence-corrected chi connectivity index (χ4v) is 2.63. The highest BCUT2D eigenvalue weighted by Gasteiger charge is 2.14. The minimum absolute atomic E-state index is 0.112. The lowest BCUT2D eigenvalue weighted by Crippen LogP contribution is -2.13. The van der Waals surface area contributed by atoms with E-state index in [0.29, 0.717) is 11.5 Å². The van der Waals surface area contributed by atoms with Crippen molar-refractivity contribution in [2.24, 2.45) is 0 Å². The topological polar surface area (TPSA) is 84.0 Å². The summed E-state index contributed by atoms with van der Waals surface area (Å²) in [5, 5.41) is 3.01. The van der Waals surface area contributed by atoms with E-state index in [4.69, 9.17) is 0 Å². The number of nitrogens with zero attached hydrogens (tertiary/aromatic N) is 2. The molecule has 7 heteroatoms. The number of pyridine rings is 2. The quantitative estimate of drug-likeness (QED) is 0.880. The zero-order valence-corrected chi connectivity index (χ0v) is 12.1. The Balaban J connectivity index is 2.21. The second-order valence-electron chi connectivity index (χ2n) is 4.27. The number of aryl methyl sites for hydroxylation is 1. The van der Waals surface area contributed by atoms with Gasteiger partial charge < -0.3 is 5.32 Å². The molecule has 106 valence electrons. The molecule has 0 saturated carbocycles. The third-order valence-corrected chi connectivity index (χ3v) is 3.90. The molecule has 2 aromatic heterocycles. The molecule has 0 bridgehead atoms. The molecule has 6 nitrogen and oxygen atoms in total. The van der Waals surface area contributed by atoms with Crippen molar-refractivity contribution in [1.82, 2.24) is 9.97 Å². The van der Waals surface area contributed by atoms with Gasteiger partial charge in [-0.2, -0.15) is 0 Å². The predicted molar refractivity (Wildman–Crippen MR) is 78.2 cm³/mol. The van der Waals surface area contributed by atoms with Gasteiger partial charge >= 0.3 is 0 Å². The molecule has 0 aromatic carbocycles. The van der Waals surface area contributed by atoms with Crippen molar-refractivity contribution < 1.29 is 8.42 Å². The van der Waals surface area contributed by atoms with E-state index in [1.807, 2.05) is 13.8 Å². The van der Waals surface area contributed by atoms with Crippen LogP contribution in [-0.2, 0) is 10.0 Å². The Bertz CT molecular complexity index is 684. The Labute approximate surface area is 118 Å². The van der Waals surface area contributed by atoms with Crippen molar-refractivity contribution in [3.8, 4) is 0 Å². The molecule has 2 aromatic rings.